The molecule has 0 spiro atoms. The first-order valence-electron chi connectivity index (χ1n) is 4.07. The molecule has 4 heteroatoms. The highest BCUT2D eigenvalue weighted by atomic mass is 79.9. The number of aryl methyl sites for hydroxylation is 1. The molecule has 1 N–H and O–H groups in total. The summed E-state index contributed by atoms with van der Waals surface area (Å²) in [5, 5.41) is 9.54. The molecule has 0 heterocycles. The minimum absolute atomic E-state index is 0.531. The van der Waals surface area contributed by atoms with Crippen LogP contribution in [0, 0.1) is 6.92 Å². The van der Waals surface area contributed by atoms with Crippen molar-refractivity contribution in [2.24, 2.45) is 0 Å². The molecule has 0 aliphatic rings. The van der Waals surface area contributed by atoms with Gasteiger partial charge in [0, 0.05) is 4.47 Å². The van der Waals surface area contributed by atoms with Gasteiger partial charge in [-0.15, -0.1) is 0 Å². The quantitative estimate of drug-likeness (QED) is 0.826. The molecule has 1 rings (SSSR count). The molecule has 0 aromatic heterocycles. The standard InChI is InChI=1S/C10H11BrO3/c1-6-3-7(5-8(11)4-6)9(12)10(13)14-2/h3-5,9,12H,1-2H3. The lowest BCUT2D eigenvalue weighted by molar-refractivity contribution is -0.150. The van der Waals surface area contributed by atoms with Crippen LogP contribution in [0.1, 0.15) is 17.2 Å². The van der Waals surface area contributed by atoms with E-state index in [0.717, 1.165) is 10.0 Å². The van der Waals surface area contributed by atoms with Gasteiger partial charge in [0.15, 0.2) is 6.10 Å². The van der Waals surface area contributed by atoms with Gasteiger partial charge in [-0.3, -0.25) is 0 Å². The number of benzene rings is 1. The lowest BCUT2D eigenvalue weighted by Crippen LogP contribution is -2.13. The first kappa shape index (κ1) is 11.2. The molecule has 1 atom stereocenters. The Morgan fingerprint density at radius 3 is 2.64 bits per heavy atom. The third kappa shape index (κ3) is 2.56. The van der Waals surface area contributed by atoms with Crippen molar-refractivity contribution in [3.63, 3.8) is 0 Å². The van der Waals surface area contributed by atoms with E-state index >= 15 is 0 Å². The van der Waals surface area contributed by atoms with Crippen LogP contribution in [0.25, 0.3) is 0 Å². The van der Waals surface area contributed by atoms with Gasteiger partial charge in [-0.25, -0.2) is 4.79 Å². The van der Waals surface area contributed by atoms with Gasteiger partial charge in [-0.2, -0.15) is 0 Å². The van der Waals surface area contributed by atoms with E-state index in [-0.39, 0.29) is 0 Å². The topological polar surface area (TPSA) is 46.5 Å². The van der Waals surface area contributed by atoms with Crippen LogP contribution >= 0.6 is 15.9 Å². The van der Waals surface area contributed by atoms with Crippen LogP contribution in [0.5, 0.6) is 0 Å². The van der Waals surface area contributed by atoms with Crippen molar-refractivity contribution in [1.82, 2.24) is 0 Å². The summed E-state index contributed by atoms with van der Waals surface area (Å²) < 4.78 is 5.27. The van der Waals surface area contributed by atoms with E-state index in [1.807, 2.05) is 13.0 Å². The number of ether oxygens (including phenoxy) is 1. The molecule has 0 bridgehead atoms. The molecule has 0 aliphatic heterocycles. The van der Waals surface area contributed by atoms with Crippen LogP contribution in [-0.4, -0.2) is 18.2 Å². The molecular weight excluding hydrogens is 248 g/mol. The second-order valence-electron chi connectivity index (χ2n) is 2.99. The molecule has 0 saturated carbocycles. The van der Waals surface area contributed by atoms with Gasteiger partial charge in [0.1, 0.15) is 0 Å². The van der Waals surface area contributed by atoms with E-state index in [1.54, 1.807) is 12.1 Å². The van der Waals surface area contributed by atoms with Gasteiger partial charge in [0.05, 0.1) is 7.11 Å². The number of halogens is 1. The van der Waals surface area contributed by atoms with Crippen molar-refractivity contribution in [3.05, 3.63) is 33.8 Å². The van der Waals surface area contributed by atoms with Gasteiger partial charge in [-0.05, 0) is 30.2 Å². The number of carbonyl (C=O) groups excluding carboxylic acids is 1. The van der Waals surface area contributed by atoms with Crippen LogP contribution in [0.15, 0.2) is 22.7 Å². The van der Waals surface area contributed by atoms with E-state index in [1.165, 1.54) is 7.11 Å². The predicted octanol–water partition coefficient (Wildman–Crippen LogP) is 1.96. The highest BCUT2D eigenvalue weighted by Crippen LogP contribution is 2.21. The van der Waals surface area contributed by atoms with Crippen molar-refractivity contribution in [2.45, 2.75) is 13.0 Å². The monoisotopic (exact) mass is 258 g/mol. The molecule has 0 fully saturated rings. The molecule has 0 amide bonds. The summed E-state index contributed by atoms with van der Waals surface area (Å²) >= 11 is 3.29. The lowest BCUT2D eigenvalue weighted by atomic mass is 10.1. The average molecular weight is 259 g/mol. The number of methoxy groups -OCH3 is 1. The highest BCUT2D eigenvalue weighted by Gasteiger charge is 2.18. The zero-order valence-electron chi connectivity index (χ0n) is 7.95. The van der Waals surface area contributed by atoms with Crippen LogP contribution in [0.2, 0.25) is 0 Å². The molecule has 0 aliphatic carbocycles. The molecule has 3 nitrogen and oxygen atoms in total. The minimum atomic E-state index is -1.21. The summed E-state index contributed by atoms with van der Waals surface area (Å²) in [4.78, 5) is 11.0. The summed E-state index contributed by atoms with van der Waals surface area (Å²) in [6.07, 6.45) is -1.21. The fraction of sp³-hybridized carbons (Fsp3) is 0.300. The number of hydrogen-bond donors (Lipinski definition) is 1. The number of hydrogen-bond acceptors (Lipinski definition) is 3. The Morgan fingerprint density at radius 1 is 1.50 bits per heavy atom. The highest BCUT2D eigenvalue weighted by molar-refractivity contribution is 9.10. The van der Waals surface area contributed by atoms with Crippen LogP contribution in [0.4, 0.5) is 0 Å². The van der Waals surface area contributed by atoms with Crippen LogP contribution < -0.4 is 0 Å². The Labute approximate surface area is 90.8 Å². The average Bonchev–Trinajstić information content (AvgIpc) is 2.14. The summed E-state index contributed by atoms with van der Waals surface area (Å²) in [5.74, 6) is -0.650. The minimum Gasteiger partial charge on any atom is -0.467 e. The van der Waals surface area contributed by atoms with Gasteiger partial charge in [-0.1, -0.05) is 22.0 Å². The molecule has 1 unspecified atom stereocenters. The Balaban J connectivity index is 3.00. The largest absolute Gasteiger partial charge is 0.467 e. The summed E-state index contributed by atoms with van der Waals surface area (Å²) in [6, 6.07) is 5.33. The first-order valence-corrected chi connectivity index (χ1v) is 4.87. The Morgan fingerprint density at radius 2 is 2.14 bits per heavy atom. The van der Waals surface area contributed by atoms with Gasteiger partial charge in [0.2, 0.25) is 0 Å². The molecule has 14 heavy (non-hydrogen) atoms. The lowest BCUT2D eigenvalue weighted by Gasteiger charge is -2.09. The van der Waals surface area contributed by atoms with E-state index in [0.29, 0.717) is 5.56 Å². The van der Waals surface area contributed by atoms with Crippen molar-refractivity contribution in [2.75, 3.05) is 7.11 Å². The van der Waals surface area contributed by atoms with E-state index in [2.05, 4.69) is 20.7 Å². The fourth-order valence-electron chi connectivity index (χ4n) is 1.17. The number of esters is 1. The molecule has 1 aromatic rings. The summed E-state index contributed by atoms with van der Waals surface area (Å²) in [6.45, 7) is 1.89. The first-order chi connectivity index (χ1) is 6.54. The van der Waals surface area contributed by atoms with Gasteiger partial charge >= 0.3 is 5.97 Å². The second-order valence-corrected chi connectivity index (χ2v) is 3.90. The third-order valence-electron chi connectivity index (χ3n) is 1.80. The maximum absolute atomic E-state index is 11.0. The van der Waals surface area contributed by atoms with Crippen LogP contribution in [0.3, 0.4) is 0 Å². The second kappa shape index (κ2) is 4.57. The van der Waals surface area contributed by atoms with Crippen LogP contribution in [-0.2, 0) is 9.53 Å². The van der Waals surface area contributed by atoms with E-state index < -0.39 is 12.1 Å². The predicted molar refractivity (Wildman–Crippen MR) is 55.9 cm³/mol. The van der Waals surface area contributed by atoms with Crippen molar-refractivity contribution >= 4 is 21.9 Å². The Bertz CT molecular complexity index is 329. The van der Waals surface area contributed by atoms with Crippen molar-refractivity contribution in [1.29, 1.82) is 0 Å². The zero-order chi connectivity index (χ0) is 10.7. The molecule has 0 radical (unpaired) electrons. The molecule has 0 saturated heterocycles. The summed E-state index contributed by atoms with van der Waals surface area (Å²) in [5.41, 5.74) is 1.50. The molecule has 76 valence electrons. The number of rotatable bonds is 2. The zero-order valence-corrected chi connectivity index (χ0v) is 9.54. The number of carbonyl (C=O) groups is 1. The third-order valence-corrected chi connectivity index (χ3v) is 2.26. The van der Waals surface area contributed by atoms with E-state index in [4.69, 9.17) is 0 Å². The summed E-state index contributed by atoms with van der Waals surface area (Å²) in [7, 11) is 1.25. The van der Waals surface area contributed by atoms with E-state index in [9.17, 15) is 9.90 Å². The Hall–Kier alpha value is -0.870. The smallest absolute Gasteiger partial charge is 0.339 e. The maximum atomic E-state index is 11.0. The normalized spacial score (nSPS) is 12.3. The SMILES string of the molecule is COC(=O)C(O)c1cc(C)cc(Br)c1. The van der Waals surface area contributed by atoms with Gasteiger partial charge < -0.3 is 9.84 Å². The number of aliphatic hydroxyl groups is 1. The number of aliphatic hydroxyl groups excluding tert-OH is 1. The van der Waals surface area contributed by atoms with Gasteiger partial charge in [0.25, 0.3) is 0 Å². The Kier molecular flexibility index (Phi) is 3.66. The van der Waals surface area contributed by atoms with Crippen molar-refractivity contribution in [3.8, 4) is 0 Å². The maximum Gasteiger partial charge on any atom is 0.339 e. The molecular formula is C10H11BrO3. The van der Waals surface area contributed by atoms with Crippen molar-refractivity contribution < 1.29 is 14.6 Å². The molecule has 1 aromatic carbocycles. The fourth-order valence-corrected chi connectivity index (χ4v) is 1.80.